The molecular weight excluding hydrogens is 272 g/mol. The number of nitrogens with zero attached hydrogens (tertiary/aromatic N) is 3. The van der Waals surface area contributed by atoms with Gasteiger partial charge in [0.1, 0.15) is 0 Å². The van der Waals surface area contributed by atoms with Crippen LogP contribution in [-0.4, -0.2) is 21.3 Å². The molecule has 1 atom stereocenters. The van der Waals surface area contributed by atoms with E-state index in [4.69, 9.17) is 0 Å². The van der Waals surface area contributed by atoms with E-state index in [1.54, 1.807) is 0 Å². The van der Waals surface area contributed by atoms with Crippen LogP contribution < -0.4 is 5.32 Å². The number of aromatic nitrogens is 3. The van der Waals surface area contributed by atoms with E-state index in [1.165, 1.54) is 11.3 Å². The molecule has 0 saturated carbocycles. The van der Waals surface area contributed by atoms with Crippen molar-refractivity contribution in [2.24, 2.45) is 13.0 Å². The summed E-state index contributed by atoms with van der Waals surface area (Å²) in [4.78, 5) is 4.52. The minimum atomic E-state index is 0.318. The van der Waals surface area contributed by atoms with Crippen LogP contribution in [0.2, 0.25) is 0 Å². The van der Waals surface area contributed by atoms with Gasteiger partial charge < -0.3 is 5.32 Å². The Morgan fingerprint density at radius 1 is 1.23 bits per heavy atom. The molecule has 0 saturated heterocycles. The van der Waals surface area contributed by atoms with Crippen molar-refractivity contribution in [3.63, 3.8) is 0 Å². The van der Waals surface area contributed by atoms with E-state index in [2.05, 4.69) is 55.2 Å². The summed E-state index contributed by atoms with van der Waals surface area (Å²) in [5.41, 5.74) is 4.90. The molecule has 0 aliphatic rings. The lowest BCUT2D eigenvalue weighted by Crippen LogP contribution is -2.26. The predicted octanol–water partition coefficient (Wildman–Crippen LogP) is 3.35. The van der Waals surface area contributed by atoms with Crippen LogP contribution in [0.4, 0.5) is 0 Å². The maximum atomic E-state index is 4.52. The summed E-state index contributed by atoms with van der Waals surface area (Å²) in [6, 6.07) is 6.46. The minimum Gasteiger partial charge on any atom is -0.308 e. The van der Waals surface area contributed by atoms with Gasteiger partial charge in [-0.15, -0.1) is 0 Å². The highest BCUT2D eigenvalue weighted by Crippen LogP contribution is 2.19. The SMILES string of the molecule is Cc1nn(C)c(C)c1CCN[C@@H](CC(C)C)c1ccccn1. The quantitative estimate of drug-likeness (QED) is 0.852. The Labute approximate surface area is 134 Å². The lowest BCUT2D eigenvalue weighted by molar-refractivity contribution is 0.424. The number of rotatable bonds is 7. The highest BCUT2D eigenvalue weighted by Gasteiger charge is 2.15. The lowest BCUT2D eigenvalue weighted by Gasteiger charge is -2.20. The number of nitrogens with one attached hydrogen (secondary N) is 1. The minimum absolute atomic E-state index is 0.318. The Morgan fingerprint density at radius 2 is 2.00 bits per heavy atom. The highest BCUT2D eigenvalue weighted by molar-refractivity contribution is 5.24. The Morgan fingerprint density at radius 3 is 2.55 bits per heavy atom. The molecule has 4 heteroatoms. The standard InChI is InChI=1S/C18H28N4/c1-13(2)12-18(17-8-6-7-10-19-17)20-11-9-16-14(3)21-22(5)15(16)4/h6-8,10,13,18,20H,9,11-12H2,1-5H3/t18-/m0/s1. The highest BCUT2D eigenvalue weighted by atomic mass is 15.3. The molecule has 0 radical (unpaired) electrons. The van der Waals surface area contributed by atoms with Crippen LogP contribution in [0.1, 0.15) is 49.0 Å². The summed E-state index contributed by atoms with van der Waals surface area (Å²) >= 11 is 0. The second-order valence-electron chi connectivity index (χ2n) is 6.41. The second-order valence-corrected chi connectivity index (χ2v) is 6.41. The predicted molar refractivity (Wildman–Crippen MR) is 90.8 cm³/mol. The molecule has 0 spiro atoms. The molecule has 0 bridgehead atoms. The monoisotopic (exact) mass is 300 g/mol. The first-order valence-electron chi connectivity index (χ1n) is 8.12. The average molecular weight is 300 g/mol. The molecule has 22 heavy (non-hydrogen) atoms. The van der Waals surface area contributed by atoms with Crippen LogP contribution in [0.3, 0.4) is 0 Å². The Balaban J connectivity index is 2.00. The molecule has 0 aliphatic heterocycles. The van der Waals surface area contributed by atoms with Crippen molar-refractivity contribution in [1.82, 2.24) is 20.1 Å². The summed E-state index contributed by atoms with van der Waals surface area (Å²) in [6.45, 7) is 9.69. The third kappa shape index (κ3) is 4.17. The van der Waals surface area contributed by atoms with Crippen molar-refractivity contribution >= 4 is 0 Å². The van der Waals surface area contributed by atoms with E-state index >= 15 is 0 Å². The van der Waals surface area contributed by atoms with Crippen molar-refractivity contribution in [2.45, 2.75) is 46.6 Å². The fourth-order valence-corrected chi connectivity index (χ4v) is 2.91. The maximum Gasteiger partial charge on any atom is 0.0628 e. The van der Waals surface area contributed by atoms with E-state index in [0.29, 0.717) is 12.0 Å². The third-order valence-corrected chi connectivity index (χ3v) is 4.18. The normalized spacial score (nSPS) is 12.8. The van der Waals surface area contributed by atoms with Crippen molar-refractivity contribution in [1.29, 1.82) is 0 Å². The van der Waals surface area contributed by atoms with Crippen molar-refractivity contribution in [3.8, 4) is 0 Å². The smallest absolute Gasteiger partial charge is 0.0628 e. The molecule has 1 N–H and O–H groups in total. The zero-order valence-electron chi connectivity index (χ0n) is 14.4. The number of hydrogen-bond acceptors (Lipinski definition) is 3. The zero-order chi connectivity index (χ0) is 16.1. The molecule has 0 unspecified atom stereocenters. The topological polar surface area (TPSA) is 42.7 Å². The van der Waals surface area contributed by atoms with Crippen LogP contribution in [-0.2, 0) is 13.5 Å². The molecule has 2 aromatic rings. The summed E-state index contributed by atoms with van der Waals surface area (Å²) < 4.78 is 1.97. The van der Waals surface area contributed by atoms with Gasteiger partial charge >= 0.3 is 0 Å². The molecule has 2 heterocycles. The Hall–Kier alpha value is -1.68. The largest absolute Gasteiger partial charge is 0.308 e. The summed E-state index contributed by atoms with van der Waals surface area (Å²) in [6.07, 6.45) is 3.98. The maximum absolute atomic E-state index is 4.52. The van der Waals surface area contributed by atoms with Gasteiger partial charge in [0.05, 0.1) is 11.4 Å². The summed E-state index contributed by atoms with van der Waals surface area (Å²) in [7, 11) is 2.01. The van der Waals surface area contributed by atoms with Gasteiger partial charge in [-0.1, -0.05) is 19.9 Å². The molecular formula is C18H28N4. The molecule has 120 valence electrons. The Bertz CT molecular complexity index is 587. The van der Waals surface area contributed by atoms with Gasteiger partial charge in [-0.3, -0.25) is 9.67 Å². The van der Waals surface area contributed by atoms with Crippen molar-refractivity contribution < 1.29 is 0 Å². The van der Waals surface area contributed by atoms with E-state index in [0.717, 1.165) is 30.8 Å². The van der Waals surface area contributed by atoms with E-state index in [-0.39, 0.29) is 0 Å². The summed E-state index contributed by atoms with van der Waals surface area (Å²) in [5.74, 6) is 0.640. The first-order chi connectivity index (χ1) is 10.5. The van der Waals surface area contributed by atoms with Crippen LogP contribution >= 0.6 is 0 Å². The van der Waals surface area contributed by atoms with Crippen molar-refractivity contribution in [3.05, 3.63) is 47.0 Å². The second kappa shape index (κ2) is 7.54. The van der Waals surface area contributed by atoms with Gasteiger partial charge in [0, 0.05) is 25.0 Å². The molecule has 2 rings (SSSR count). The Kier molecular flexibility index (Phi) is 5.72. The fraction of sp³-hybridized carbons (Fsp3) is 0.556. The van der Waals surface area contributed by atoms with Gasteiger partial charge in [0.2, 0.25) is 0 Å². The molecule has 4 nitrogen and oxygen atoms in total. The van der Waals surface area contributed by atoms with Gasteiger partial charge in [-0.25, -0.2) is 0 Å². The molecule has 2 aromatic heterocycles. The average Bonchev–Trinajstić information content (AvgIpc) is 2.73. The number of aryl methyl sites for hydroxylation is 2. The van der Waals surface area contributed by atoms with Gasteiger partial charge in [0.25, 0.3) is 0 Å². The van der Waals surface area contributed by atoms with Gasteiger partial charge in [-0.2, -0.15) is 5.10 Å². The van der Waals surface area contributed by atoms with Gasteiger partial charge in [-0.05, 0) is 56.8 Å². The van der Waals surface area contributed by atoms with Crippen LogP contribution in [0.5, 0.6) is 0 Å². The first kappa shape index (κ1) is 16.7. The molecule has 0 aliphatic carbocycles. The van der Waals surface area contributed by atoms with E-state index in [9.17, 15) is 0 Å². The zero-order valence-corrected chi connectivity index (χ0v) is 14.4. The first-order valence-corrected chi connectivity index (χ1v) is 8.12. The van der Waals surface area contributed by atoms with Gasteiger partial charge in [0.15, 0.2) is 0 Å². The lowest BCUT2D eigenvalue weighted by atomic mass is 10.00. The molecule has 0 fully saturated rings. The van der Waals surface area contributed by atoms with Crippen LogP contribution in [0, 0.1) is 19.8 Å². The van der Waals surface area contributed by atoms with Crippen LogP contribution in [0.15, 0.2) is 24.4 Å². The van der Waals surface area contributed by atoms with E-state index in [1.807, 2.05) is 24.0 Å². The van der Waals surface area contributed by atoms with Crippen molar-refractivity contribution in [2.75, 3.05) is 6.54 Å². The molecule has 0 aromatic carbocycles. The number of hydrogen-bond donors (Lipinski definition) is 1. The number of pyridine rings is 1. The van der Waals surface area contributed by atoms with Crippen LogP contribution in [0.25, 0.3) is 0 Å². The van der Waals surface area contributed by atoms with E-state index < -0.39 is 0 Å². The third-order valence-electron chi connectivity index (χ3n) is 4.18. The summed E-state index contributed by atoms with van der Waals surface area (Å²) in [5, 5.41) is 8.17. The molecule has 0 amide bonds. The fourth-order valence-electron chi connectivity index (χ4n) is 2.91.